The summed E-state index contributed by atoms with van der Waals surface area (Å²) in [6.07, 6.45) is 2.29. The number of halogens is 3. The molecule has 3 rings (SSSR count). The molecule has 128 valence electrons. The van der Waals surface area contributed by atoms with Crippen molar-refractivity contribution in [3.8, 4) is 0 Å². The van der Waals surface area contributed by atoms with E-state index in [2.05, 4.69) is 4.98 Å². The average molecular weight is 346 g/mol. The van der Waals surface area contributed by atoms with Crippen LogP contribution in [-0.4, -0.2) is 15.5 Å². The maximum absolute atomic E-state index is 13.5. The number of benzene rings is 2. The van der Waals surface area contributed by atoms with Gasteiger partial charge in [-0.15, -0.1) is 0 Å². The second-order valence-corrected chi connectivity index (χ2v) is 5.13. The summed E-state index contributed by atoms with van der Waals surface area (Å²) in [7, 11) is 0. The number of hydrogen-bond acceptors (Lipinski definition) is 3. The highest BCUT2D eigenvalue weighted by atomic mass is 19.3. The summed E-state index contributed by atoms with van der Waals surface area (Å²) >= 11 is 0. The van der Waals surface area contributed by atoms with E-state index in [1.807, 2.05) is 0 Å². The van der Waals surface area contributed by atoms with Crippen LogP contribution in [0.1, 0.15) is 17.9 Å². The normalized spacial score (nSPS) is 11.5. The van der Waals surface area contributed by atoms with Gasteiger partial charge in [-0.3, -0.25) is 4.57 Å². The van der Waals surface area contributed by atoms with Gasteiger partial charge in [0, 0.05) is 11.6 Å². The van der Waals surface area contributed by atoms with Crippen molar-refractivity contribution in [3.63, 3.8) is 0 Å². The van der Waals surface area contributed by atoms with Crippen LogP contribution < -0.4 is 0 Å². The molecular formula is C18H13F3N2O2. The van der Waals surface area contributed by atoms with E-state index in [4.69, 9.17) is 4.74 Å². The van der Waals surface area contributed by atoms with Gasteiger partial charge < -0.3 is 4.74 Å². The molecule has 3 aromatic rings. The molecule has 0 fully saturated rings. The van der Waals surface area contributed by atoms with Gasteiger partial charge in [0.05, 0.1) is 11.0 Å². The van der Waals surface area contributed by atoms with Crippen molar-refractivity contribution < 1.29 is 22.7 Å². The summed E-state index contributed by atoms with van der Waals surface area (Å²) in [6, 6.07) is 12.3. The first-order valence-electron chi connectivity index (χ1n) is 7.39. The number of alkyl halides is 2. The van der Waals surface area contributed by atoms with Crippen LogP contribution in [0.4, 0.5) is 13.2 Å². The zero-order valence-electron chi connectivity index (χ0n) is 12.9. The molecule has 7 heteroatoms. The fourth-order valence-corrected chi connectivity index (χ4v) is 2.37. The Labute approximate surface area is 141 Å². The molecule has 0 atom stereocenters. The van der Waals surface area contributed by atoms with Crippen molar-refractivity contribution in [2.45, 2.75) is 13.2 Å². The molecule has 4 nitrogen and oxygen atoms in total. The summed E-state index contributed by atoms with van der Waals surface area (Å²) in [6.45, 7) is -3.23. The molecule has 25 heavy (non-hydrogen) atoms. The highest BCUT2D eigenvalue weighted by Gasteiger charge is 2.18. The number of carbonyl (C=O) groups is 1. The van der Waals surface area contributed by atoms with Gasteiger partial charge in [0.1, 0.15) is 12.4 Å². The Balaban J connectivity index is 1.73. The van der Waals surface area contributed by atoms with E-state index in [9.17, 15) is 18.0 Å². The molecule has 1 heterocycles. The molecule has 0 radical (unpaired) electrons. The number of carbonyl (C=O) groups excluding carboxylic acids is 1. The third kappa shape index (κ3) is 3.71. The Morgan fingerprint density at radius 1 is 1.16 bits per heavy atom. The minimum atomic E-state index is -2.81. The van der Waals surface area contributed by atoms with E-state index in [1.54, 1.807) is 24.3 Å². The highest BCUT2D eigenvalue weighted by molar-refractivity contribution is 5.87. The molecule has 0 amide bonds. The van der Waals surface area contributed by atoms with Gasteiger partial charge in [0.2, 0.25) is 0 Å². The third-order valence-electron chi connectivity index (χ3n) is 3.51. The predicted molar refractivity (Wildman–Crippen MR) is 86.2 cm³/mol. The Morgan fingerprint density at radius 3 is 2.64 bits per heavy atom. The van der Waals surface area contributed by atoms with Gasteiger partial charge in [0.25, 0.3) is 0 Å². The molecule has 0 aliphatic carbocycles. The quantitative estimate of drug-likeness (QED) is 0.510. The van der Waals surface area contributed by atoms with Crippen molar-refractivity contribution in [1.29, 1.82) is 0 Å². The molecule has 0 N–H and O–H groups in total. The van der Waals surface area contributed by atoms with Crippen molar-refractivity contribution in [3.05, 3.63) is 71.8 Å². The summed E-state index contributed by atoms with van der Waals surface area (Å²) in [5.41, 5.74) is 0.862. The monoisotopic (exact) mass is 346 g/mol. The Bertz CT molecular complexity index is 935. The van der Waals surface area contributed by atoms with Crippen LogP contribution in [0.3, 0.4) is 0 Å². The van der Waals surface area contributed by atoms with E-state index >= 15 is 0 Å². The largest absolute Gasteiger partial charge is 0.454 e. The van der Waals surface area contributed by atoms with Crippen LogP contribution in [-0.2, 0) is 16.1 Å². The maximum Gasteiger partial charge on any atom is 0.331 e. The van der Waals surface area contributed by atoms with E-state index in [0.717, 1.165) is 6.08 Å². The standard InChI is InChI=1S/C18H13F3N2O2/c19-13-6-2-1-5-12(13)9-10-17(24)25-11-16-22-14-7-3-4-8-15(14)23(16)18(20)21/h1-10,18H,11H2/b10-9+. The minimum Gasteiger partial charge on any atom is -0.454 e. The molecule has 1 aromatic heterocycles. The molecule has 0 unspecified atom stereocenters. The predicted octanol–water partition coefficient (Wildman–Crippen LogP) is 4.33. The second kappa shape index (κ2) is 7.21. The molecular weight excluding hydrogens is 333 g/mol. The van der Waals surface area contributed by atoms with E-state index in [1.165, 1.54) is 30.3 Å². The molecule has 0 bridgehead atoms. The summed E-state index contributed by atoms with van der Waals surface area (Å²) in [5, 5.41) is 0. The molecule has 0 spiro atoms. The number of hydrogen-bond donors (Lipinski definition) is 0. The number of ether oxygens (including phenoxy) is 1. The maximum atomic E-state index is 13.5. The van der Waals surface area contributed by atoms with Crippen LogP contribution in [0, 0.1) is 5.82 Å². The zero-order chi connectivity index (χ0) is 17.8. The lowest BCUT2D eigenvalue weighted by molar-refractivity contribution is -0.139. The van der Waals surface area contributed by atoms with Crippen molar-refractivity contribution >= 4 is 23.1 Å². The number of nitrogens with zero attached hydrogens (tertiary/aromatic N) is 2. The Kier molecular flexibility index (Phi) is 4.83. The number of esters is 1. The van der Waals surface area contributed by atoms with Crippen molar-refractivity contribution in [1.82, 2.24) is 9.55 Å². The van der Waals surface area contributed by atoms with Gasteiger partial charge in [0.15, 0.2) is 5.82 Å². The second-order valence-electron chi connectivity index (χ2n) is 5.13. The van der Waals surface area contributed by atoms with Crippen LogP contribution >= 0.6 is 0 Å². The van der Waals surface area contributed by atoms with Crippen LogP contribution in [0.25, 0.3) is 17.1 Å². The topological polar surface area (TPSA) is 44.1 Å². The van der Waals surface area contributed by atoms with Crippen LogP contribution in [0.5, 0.6) is 0 Å². The first kappa shape index (κ1) is 16.8. The van der Waals surface area contributed by atoms with Gasteiger partial charge >= 0.3 is 12.5 Å². The molecule has 0 saturated heterocycles. The Hall–Kier alpha value is -3.09. The lowest BCUT2D eigenvalue weighted by Gasteiger charge is -2.07. The lowest BCUT2D eigenvalue weighted by atomic mass is 10.2. The van der Waals surface area contributed by atoms with Gasteiger partial charge in [-0.1, -0.05) is 30.3 Å². The average Bonchev–Trinajstić information content (AvgIpc) is 2.98. The number of aromatic nitrogens is 2. The number of rotatable bonds is 5. The molecule has 0 aliphatic heterocycles. The molecule has 0 aliphatic rings. The first-order chi connectivity index (χ1) is 12.1. The van der Waals surface area contributed by atoms with Crippen LogP contribution in [0.15, 0.2) is 54.6 Å². The van der Waals surface area contributed by atoms with Gasteiger partial charge in [-0.25, -0.2) is 14.2 Å². The van der Waals surface area contributed by atoms with Crippen LogP contribution in [0.2, 0.25) is 0 Å². The molecule has 0 saturated carbocycles. The SMILES string of the molecule is O=C(/C=C/c1ccccc1F)OCc1nc2ccccc2n1C(F)F. The minimum absolute atomic E-state index is 0.0659. The summed E-state index contributed by atoms with van der Waals surface area (Å²) in [5.74, 6) is -1.33. The fourth-order valence-electron chi connectivity index (χ4n) is 2.37. The summed E-state index contributed by atoms with van der Waals surface area (Å²) in [4.78, 5) is 15.8. The first-order valence-corrected chi connectivity index (χ1v) is 7.39. The smallest absolute Gasteiger partial charge is 0.331 e. The van der Waals surface area contributed by atoms with E-state index in [0.29, 0.717) is 10.1 Å². The summed E-state index contributed by atoms with van der Waals surface area (Å²) < 4.78 is 45.6. The van der Waals surface area contributed by atoms with Crippen molar-refractivity contribution in [2.75, 3.05) is 0 Å². The zero-order valence-corrected chi connectivity index (χ0v) is 12.9. The Morgan fingerprint density at radius 2 is 1.88 bits per heavy atom. The van der Waals surface area contributed by atoms with Gasteiger partial charge in [-0.2, -0.15) is 8.78 Å². The van der Waals surface area contributed by atoms with E-state index < -0.39 is 24.9 Å². The lowest BCUT2D eigenvalue weighted by Crippen LogP contribution is -2.09. The van der Waals surface area contributed by atoms with Gasteiger partial charge in [-0.05, 0) is 24.3 Å². The highest BCUT2D eigenvalue weighted by Crippen LogP contribution is 2.23. The van der Waals surface area contributed by atoms with E-state index in [-0.39, 0.29) is 16.9 Å². The molecule has 2 aromatic carbocycles. The third-order valence-corrected chi connectivity index (χ3v) is 3.51. The number of para-hydroxylation sites is 2. The fraction of sp³-hybridized carbons (Fsp3) is 0.111. The number of imidazole rings is 1. The number of fused-ring (bicyclic) bond motifs is 1. The van der Waals surface area contributed by atoms with Crippen molar-refractivity contribution in [2.24, 2.45) is 0 Å².